The second-order valence-electron chi connectivity index (χ2n) is 6.45. The van der Waals surface area contributed by atoms with Crippen LogP contribution in [0.4, 0.5) is 0 Å². The molecule has 0 heterocycles. The maximum atomic E-state index is 5.78. The Labute approximate surface area is 131 Å². The molecule has 0 spiro atoms. The Morgan fingerprint density at radius 3 is 2.24 bits per heavy atom. The lowest BCUT2D eigenvalue weighted by Gasteiger charge is -2.25. The van der Waals surface area contributed by atoms with Gasteiger partial charge in [-0.25, -0.2) is 0 Å². The van der Waals surface area contributed by atoms with Gasteiger partial charge in [-0.3, -0.25) is 0 Å². The number of nitrogens with one attached hydrogen (secondary N) is 1. The molecule has 1 aromatic rings. The molecule has 1 rings (SSSR count). The molecule has 0 aliphatic rings. The fourth-order valence-electron chi connectivity index (χ4n) is 2.68. The smallest absolute Gasteiger partial charge is 0.119 e. The lowest BCUT2D eigenvalue weighted by atomic mass is 9.84. The van der Waals surface area contributed by atoms with E-state index in [9.17, 15) is 0 Å². The zero-order valence-corrected chi connectivity index (χ0v) is 14.5. The SMILES string of the molecule is CCCC(C)C(CNCC)c1ccc(OCC(C)C)cc1. The molecule has 0 saturated carbocycles. The molecule has 2 nitrogen and oxygen atoms in total. The van der Waals surface area contributed by atoms with Gasteiger partial charge in [-0.2, -0.15) is 0 Å². The minimum Gasteiger partial charge on any atom is -0.493 e. The van der Waals surface area contributed by atoms with Crippen molar-refractivity contribution in [3.8, 4) is 5.75 Å². The van der Waals surface area contributed by atoms with Crippen molar-refractivity contribution < 1.29 is 4.74 Å². The van der Waals surface area contributed by atoms with Crippen molar-refractivity contribution in [3.63, 3.8) is 0 Å². The summed E-state index contributed by atoms with van der Waals surface area (Å²) in [6, 6.07) is 8.72. The van der Waals surface area contributed by atoms with E-state index in [1.807, 2.05) is 0 Å². The monoisotopic (exact) mass is 291 g/mol. The average molecular weight is 291 g/mol. The maximum absolute atomic E-state index is 5.78. The minimum absolute atomic E-state index is 0.566. The van der Waals surface area contributed by atoms with Crippen molar-refractivity contribution >= 4 is 0 Å². The van der Waals surface area contributed by atoms with Gasteiger partial charge in [0.05, 0.1) is 6.61 Å². The highest BCUT2D eigenvalue weighted by atomic mass is 16.5. The van der Waals surface area contributed by atoms with Crippen LogP contribution in [0.3, 0.4) is 0 Å². The second-order valence-corrected chi connectivity index (χ2v) is 6.45. The zero-order valence-electron chi connectivity index (χ0n) is 14.5. The van der Waals surface area contributed by atoms with Crippen molar-refractivity contribution in [2.24, 2.45) is 11.8 Å². The van der Waals surface area contributed by atoms with Crippen LogP contribution in [-0.4, -0.2) is 19.7 Å². The molecular weight excluding hydrogens is 258 g/mol. The molecule has 0 radical (unpaired) electrons. The number of hydrogen-bond donors (Lipinski definition) is 1. The van der Waals surface area contributed by atoms with Crippen LogP contribution in [0.1, 0.15) is 58.9 Å². The Morgan fingerprint density at radius 1 is 1.05 bits per heavy atom. The van der Waals surface area contributed by atoms with E-state index in [0.29, 0.717) is 17.8 Å². The summed E-state index contributed by atoms with van der Waals surface area (Å²) in [6.07, 6.45) is 2.53. The van der Waals surface area contributed by atoms with E-state index in [4.69, 9.17) is 4.74 Å². The van der Waals surface area contributed by atoms with E-state index in [2.05, 4.69) is 64.2 Å². The first-order valence-corrected chi connectivity index (χ1v) is 8.51. The summed E-state index contributed by atoms with van der Waals surface area (Å²) in [6.45, 7) is 14.0. The van der Waals surface area contributed by atoms with Gasteiger partial charge in [0.25, 0.3) is 0 Å². The van der Waals surface area contributed by atoms with Gasteiger partial charge in [0.2, 0.25) is 0 Å². The molecule has 1 aromatic carbocycles. The van der Waals surface area contributed by atoms with Crippen LogP contribution in [0.5, 0.6) is 5.75 Å². The lowest BCUT2D eigenvalue weighted by Crippen LogP contribution is -2.25. The minimum atomic E-state index is 0.566. The molecule has 1 N–H and O–H groups in total. The van der Waals surface area contributed by atoms with Crippen LogP contribution in [0.2, 0.25) is 0 Å². The van der Waals surface area contributed by atoms with Gasteiger partial charge in [-0.1, -0.05) is 59.6 Å². The molecular formula is C19H33NO. The molecule has 21 heavy (non-hydrogen) atoms. The summed E-state index contributed by atoms with van der Waals surface area (Å²) in [5, 5.41) is 3.51. The quantitative estimate of drug-likeness (QED) is 0.665. The maximum Gasteiger partial charge on any atom is 0.119 e. The third-order valence-corrected chi connectivity index (χ3v) is 3.94. The standard InChI is InChI=1S/C19H33NO/c1-6-8-16(5)19(13-20-7-2)17-9-11-18(12-10-17)21-14-15(3)4/h9-12,15-16,19-20H,6-8,13-14H2,1-5H3. The third-order valence-electron chi connectivity index (χ3n) is 3.94. The van der Waals surface area contributed by atoms with Crippen LogP contribution in [0.25, 0.3) is 0 Å². The van der Waals surface area contributed by atoms with E-state index in [1.54, 1.807) is 0 Å². The highest BCUT2D eigenvalue weighted by molar-refractivity contribution is 5.30. The van der Waals surface area contributed by atoms with Gasteiger partial charge in [-0.15, -0.1) is 0 Å². The van der Waals surface area contributed by atoms with E-state index in [-0.39, 0.29) is 0 Å². The average Bonchev–Trinajstić information content (AvgIpc) is 2.47. The summed E-state index contributed by atoms with van der Waals surface area (Å²) >= 11 is 0. The highest BCUT2D eigenvalue weighted by Gasteiger charge is 2.18. The van der Waals surface area contributed by atoms with Gasteiger partial charge < -0.3 is 10.1 Å². The largest absolute Gasteiger partial charge is 0.493 e. The first-order chi connectivity index (χ1) is 10.1. The molecule has 0 saturated heterocycles. The van der Waals surface area contributed by atoms with Crippen molar-refractivity contribution in [2.75, 3.05) is 19.7 Å². The molecule has 0 bridgehead atoms. The van der Waals surface area contributed by atoms with Crippen LogP contribution in [-0.2, 0) is 0 Å². The molecule has 0 aliphatic carbocycles. The summed E-state index contributed by atoms with van der Waals surface area (Å²) in [4.78, 5) is 0. The molecule has 0 amide bonds. The summed E-state index contributed by atoms with van der Waals surface area (Å²) in [7, 11) is 0. The molecule has 2 unspecified atom stereocenters. The number of hydrogen-bond acceptors (Lipinski definition) is 2. The third kappa shape index (κ3) is 6.52. The van der Waals surface area contributed by atoms with E-state index >= 15 is 0 Å². The molecule has 2 atom stereocenters. The van der Waals surface area contributed by atoms with Crippen LogP contribution in [0, 0.1) is 11.8 Å². The Hall–Kier alpha value is -1.02. The fourth-order valence-corrected chi connectivity index (χ4v) is 2.68. The number of ether oxygens (including phenoxy) is 1. The van der Waals surface area contributed by atoms with Gasteiger partial charge >= 0.3 is 0 Å². The Balaban J connectivity index is 2.72. The molecule has 2 heteroatoms. The van der Waals surface area contributed by atoms with Gasteiger partial charge in [0, 0.05) is 6.54 Å². The van der Waals surface area contributed by atoms with Gasteiger partial charge in [0.1, 0.15) is 5.75 Å². The van der Waals surface area contributed by atoms with Crippen LogP contribution >= 0.6 is 0 Å². The summed E-state index contributed by atoms with van der Waals surface area (Å²) in [5.74, 6) is 2.84. The zero-order chi connectivity index (χ0) is 15.7. The fraction of sp³-hybridized carbons (Fsp3) is 0.684. The molecule has 0 aromatic heterocycles. The first kappa shape index (κ1) is 18.0. The van der Waals surface area contributed by atoms with Crippen molar-refractivity contribution in [2.45, 2.75) is 53.4 Å². The molecule has 0 aliphatic heterocycles. The molecule has 120 valence electrons. The predicted molar refractivity (Wildman–Crippen MR) is 92.1 cm³/mol. The molecule has 0 fully saturated rings. The Kier molecular flexibility index (Phi) is 8.44. The second kappa shape index (κ2) is 9.83. The van der Waals surface area contributed by atoms with Gasteiger partial charge in [0.15, 0.2) is 0 Å². The number of likely N-dealkylation sites (N-methyl/N-ethyl adjacent to an activating group) is 1. The van der Waals surface area contributed by atoms with Crippen LogP contribution < -0.4 is 10.1 Å². The highest BCUT2D eigenvalue weighted by Crippen LogP contribution is 2.29. The van der Waals surface area contributed by atoms with Crippen molar-refractivity contribution in [1.82, 2.24) is 5.32 Å². The van der Waals surface area contributed by atoms with E-state index in [1.165, 1.54) is 18.4 Å². The number of benzene rings is 1. The van der Waals surface area contributed by atoms with Crippen LogP contribution in [0.15, 0.2) is 24.3 Å². The van der Waals surface area contributed by atoms with Crippen molar-refractivity contribution in [3.05, 3.63) is 29.8 Å². The first-order valence-electron chi connectivity index (χ1n) is 8.51. The van der Waals surface area contributed by atoms with E-state index in [0.717, 1.165) is 25.4 Å². The topological polar surface area (TPSA) is 21.3 Å². The van der Waals surface area contributed by atoms with Gasteiger partial charge in [-0.05, 0) is 42.0 Å². The van der Waals surface area contributed by atoms with Crippen molar-refractivity contribution in [1.29, 1.82) is 0 Å². The van der Waals surface area contributed by atoms with E-state index < -0.39 is 0 Å². The Morgan fingerprint density at radius 2 is 1.71 bits per heavy atom. The lowest BCUT2D eigenvalue weighted by molar-refractivity contribution is 0.271. The predicted octanol–water partition coefficient (Wildman–Crippen LogP) is 4.85. The normalized spacial score (nSPS) is 14.2. The Bertz CT molecular complexity index is 372. The summed E-state index contributed by atoms with van der Waals surface area (Å²) in [5.41, 5.74) is 1.42. The summed E-state index contributed by atoms with van der Waals surface area (Å²) < 4.78 is 5.78. The number of rotatable bonds is 10.